The molecule has 0 aliphatic rings. The van der Waals surface area contributed by atoms with Crippen LogP contribution in [0.15, 0.2) is 54.6 Å². The Kier molecular flexibility index (Phi) is 8.40. The van der Waals surface area contributed by atoms with Gasteiger partial charge in [-0.2, -0.15) is 0 Å². The van der Waals surface area contributed by atoms with E-state index < -0.39 is 0 Å². The molecule has 0 aromatic heterocycles. The fourth-order valence-corrected chi connectivity index (χ4v) is 2.97. The molecule has 24 heavy (non-hydrogen) atoms. The van der Waals surface area contributed by atoms with Gasteiger partial charge in [-0.3, -0.25) is 0 Å². The quantitative estimate of drug-likeness (QED) is 0.496. The lowest BCUT2D eigenvalue weighted by atomic mass is 10.1. The van der Waals surface area contributed by atoms with Crippen molar-refractivity contribution in [2.24, 2.45) is 0 Å². The van der Waals surface area contributed by atoms with E-state index in [2.05, 4.69) is 67.3 Å². The fraction of sp³-hybridized carbons (Fsp3) is 0.455. The van der Waals surface area contributed by atoms with Crippen molar-refractivity contribution in [3.63, 3.8) is 0 Å². The van der Waals surface area contributed by atoms with Crippen molar-refractivity contribution in [2.75, 3.05) is 26.2 Å². The minimum Gasteiger partial charge on any atom is -0.494 e. The second kappa shape index (κ2) is 10.9. The highest BCUT2D eigenvalue weighted by molar-refractivity contribution is 5.63. The smallest absolute Gasteiger partial charge is 0.119 e. The normalized spacial score (nSPS) is 11.0. The molecule has 0 fully saturated rings. The number of ether oxygens (including phenoxy) is 1. The molecule has 2 aromatic carbocycles. The first-order valence-corrected chi connectivity index (χ1v) is 9.34. The number of unbranched alkanes of at least 4 members (excludes halogenated alkanes) is 1. The van der Waals surface area contributed by atoms with Gasteiger partial charge in [-0.05, 0) is 68.6 Å². The molecule has 0 N–H and O–H groups in total. The summed E-state index contributed by atoms with van der Waals surface area (Å²) in [5.41, 5.74) is 2.48. The molecule has 0 spiro atoms. The van der Waals surface area contributed by atoms with Gasteiger partial charge in [0.2, 0.25) is 0 Å². The molecule has 0 aliphatic carbocycles. The van der Waals surface area contributed by atoms with Crippen molar-refractivity contribution in [3.8, 4) is 16.9 Å². The zero-order valence-corrected chi connectivity index (χ0v) is 15.2. The molecule has 0 unspecified atom stereocenters. The van der Waals surface area contributed by atoms with E-state index in [0.717, 1.165) is 18.8 Å². The van der Waals surface area contributed by atoms with E-state index in [1.807, 2.05) is 6.07 Å². The highest BCUT2D eigenvalue weighted by Crippen LogP contribution is 2.22. The predicted octanol–water partition coefficient (Wildman–Crippen LogP) is 5.63. The summed E-state index contributed by atoms with van der Waals surface area (Å²) >= 11 is 0. The van der Waals surface area contributed by atoms with E-state index in [1.54, 1.807) is 0 Å². The third kappa shape index (κ3) is 6.37. The van der Waals surface area contributed by atoms with Gasteiger partial charge in [0.15, 0.2) is 0 Å². The zero-order chi connectivity index (χ0) is 17.0. The van der Waals surface area contributed by atoms with E-state index in [9.17, 15) is 0 Å². The second-order valence-corrected chi connectivity index (χ2v) is 6.29. The first-order chi connectivity index (χ1) is 11.8. The number of nitrogens with zero attached hydrogens (tertiary/aromatic N) is 1. The molecule has 0 radical (unpaired) electrons. The van der Waals surface area contributed by atoms with Gasteiger partial charge < -0.3 is 9.64 Å². The highest BCUT2D eigenvalue weighted by Gasteiger charge is 2.02. The lowest BCUT2D eigenvalue weighted by molar-refractivity contribution is 0.250. The van der Waals surface area contributed by atoms with Gasteiger partial charge in [0, 0.05) is 0 Å². The lowest BCUT2D eigenvalue weighted by Gasteiger charge is -2.20. The molecule has 2 aromatic rings. The molecule has 0 saturated carbocycles. The standard InChI is InChI=1S/C22H31NO/c1-3-16-23(17-4-2)18-8-9-19-24-22-14-12-21(13-15-22)20-10-6-5-7-11-20/h5-7,10-15H,3-4,8-9,16-19H2,1-2H3. The summed E-state index contributed by atoms with van der Waals surface area (Å²) in [6.45, 7) is 8.94. The summed E-state index contributed by atoms with van der Waals surface area (Å²) in [4.78, 5) is 2.56. The summed E-state index contributed by atoms with van der Waals surface area (Å²) in [6, 6.07) is 18.9. The first kappa shape index (κ1) is 18.5. The monoisotopic (exact) mass is 325 g/mol. The summed E-state index contributed by atoms with van der Waals surface area (Å²) in [7, 11) is 0. The Morgan fingerprint density at radius 1 is 0.708 bits per heavy atom. The molecular weight excluding hydrogens is 294 g/mol. The van der Waals surface area contributed by atoms with Crippen LogP contribution < -0.4 is 4.74 Å². The fourth-order valence-electron chi connectivity index (χ4n) is 2.97. The SMILES string of the molecule is CCCN(CCC)CCCCOc1ccc(-c2ccccc2)cc1. The van der Waals surface area contributed by atoms with E-state index in [1.165, 1.54) is 50.0 Å². The molecule has 0 amide bonds. The predicted molar refractivity (Wildman–Crippen MR) is 104 cm³/mol. The lowest BCUT2D eigenvalue weighted by Crippen LogP contribution is -2.26. The summed E-state index contributed by atoms with van der Waals surface area (Å²) in [5, 5.41) is 0. The molecular formula is C22H31NO. The molecule has 2 heteroatoms. The largest absolute Gasteiger partial charge is 0.494 e. The molecule has 0 atom stereocenters. The molecule has 2 rings (SSSR count). The van der Waals surface area contributed by atoms with Crippen molar-refractivity contribution >= 4 is 0 Å². The maximum Gasteiger partial charge on any atom is 0.119 e. The van der Waals surface area contributed by atoms with Gasteiger partial charge in [-0.15, -0.1) is 0 Å². The van der Waals surface area contributed by atoms with Crippen molar-refractivity contribution in [1.82, 2.24) is 4.90 Å². The highest BCUT2D eigenvalue weighted by atomic mass is 16.5. The van der Waals surface area contributed by atoms with Crippen LogP contribution in [0.4, 0.5) is 0 Å². The molecule has 0 aliphatic heterocycles. The van der Waals surface area contributed by atoms with Gasteiger partial charge in [0.05, 0.1) is 6.61 Å². The van der Waals surface area contributed by atoms with Crippen LogP contribution in [0.3, 0.4) is 0 Å². The summed E-state index contributed by atoms with van der Waals surface area (Å²) in [6.07, 6.45) is 4.81. The van der Waals surface area contributed by atoms with Crippen molar-refractivity contribution < 1.29 is 4.74 Å². The van der Waals surface area contributed by atoms with Gasteiger partial charge in [0.25, 0.3) is 0 Å². The Morgan fingerprint density at radius 3 is 1.96 bits per heavy atom. The van der Waals surface area contributed by atoms with Crippen molar-refractivity contribution in [1.29, 1.82) is 0 Å². The number of hydrogen-bond donors (Lipinski definition) is 0. The topological polar surface area (TPSA) is 12.5 Å². The van der Waals surface area contributed by atoms with Crippen LogP contribution in [-0.4, -0.2) is 31.1 Å². The van der Waals surface area contributed by atoms with Crippen LogP contribution in [0, 0.1) is 0 Å². The van der Waals surface area contributed by atoms with Crippen molar-refractivity contribution in [3.05, 3.63) is 54.6 Å². The van der Waals surface area contributed by atoms with Crippen LogP contribution >= 0.6 is 0 Å². The Morgan fingerprint density at radius 2 is 1.33 bits per heavy atom. The second-order valence-electron chi connectivity index (χ2n) is 6.29. The van der Waals surface area contributed by atoms with Gasteiger partial charge >= 0.3 is 0 Å². The van der Waals surface area contributed by atoms with Crippen LogP contribution in [-0.2, 0) is 0 Å². The summed E-state index contributed by atoms with van der Waals surface area (Å²) in [5.74, 6) is 0.966. The minimum atomic E-state index is 0.802. The molecule has 2 nitrogen and oxygen atoms in total. The van der Waals surface area contributed by atoms with Crippen LogP contribution in [0.1, 0.15) is 39.5 Å². The zero-order valence-electron chi connectivity index (χ0n) is 15.2. The van der Waals surface area contributed by atoms with Crippen LogP contribution in [0.5, 0.6) is 5.75 Å². The average molecular weight is 325 g/mol. The first-order valence-electron chi connectivity index (χ1n) is 9.34. The molecule has 0 bridgehead atoms. The summed E-state index contributed by atoms with van der Waals surface area (Å²) < 4.78 is 5.88. The number of benzene rings is 2. The van der Waals surface area contributed by atoms with E-state index in [0.29, 0.717) is 0 Å². The maximum absolute atomic E-state index is 5.88. The molecule has 130 valence electrons. The van der Waals surface area contributed by atoms with E-state index >= 15 is 0 Å². The average Bonchev–Trinajstić information content (AvgIpc) is 2.63. The molecule has 0 heterocycles. The van der Waals surface area contributed by atoms with Gasteiger partial charge in [-0.1, -0.05) is 56.3 Å². The maximum atomic E-state index is 5.88. The third-order valence-electron chi connectivity index (χ3n) is 4.18. The van der Waals surface area contributed by atoms with Gasteiger partial charge in [-0.25, -0.2) is 0 Å². The van der Waals surface area contributed by atoms with Gasteiger partial charge in [0.1, 0.15) is 5.75 Å². The minimum absolute atomic E-state index is 0.802. The Labute approximate surface area is 147 Å². The van der Waals surface area contributed by atoms with Crippen LogP contribution in [0.25, 0.3) is 11.1 Å². The number of rotatable bonds is 11. The number of hydrogen-bond acceptors (Lipinski definition) is 2. The Balaban J connectivity index is 1.69. The Hall–Kier alpha value is -1.80. The van der Waals surface area contributed by atoms with E-state index in [4.69, 9.17) is 4.74 Å². The molecule has 0 saturated heterocycles. The van der Waals surface area contributed by atoms with Crippen LogP contribution in [0.2, 0.25) is 0 Å². The Bertz CT molecular complexity index is 544. The van der Waals surface area contributed by atoms with E-state index in [-0.39, 0.29) is 0 Å². The van der Waals surface area contributed by atoms with Crippen molar-refractivity contribution in [2.45, 2.75) is 39.5 Å². The third-order valence-corrected chi connectivity index (χ3v) is 4.18.